The van der Waals surface area contributed by atoms with Gasteiger partial charge in [0.25, 0.3) is 5.91 Å². The van der Waals surface area contributed by atoms with Gasteiger partial charge in [-0.25, -0.2) is 9.37 Å². The second kappa shape index (κ2) is 13.5. The number of amides is 1. The number of hydrogen-bond donors (Lipinski definition) is 1. The van der Waals surface area contributed by atoms with Crippen LogP contribution in [0.3, 0.4) is 0 Å². The highest BCUT2D eigenvalue weighted by atomic mass is 19.1. The fourth-order valence-electron chi connectivity index (χ4n) is 7.48. The second-order valence-electron chi connectivity index (χ2n) is 13.8. The van der Waals surface area contributed by atoms with Crippen molar-refractivity contribution in [3.8, 4) is 5.75 Å². The average Bonchev–Trinajstić information content (AvgIpc) is 3.52. The van der Waals surface area contributed by atoms with E-state index in [-0.39, 0.29) is 23.7 Å². The van der Waals surface area contributed by atoms with Crippen LogP contribution in [0, 0.1) is 17.8 Å². The lowest BCUT2D eigenvalue weighted by Crippen LogP contribution is -2.45. The summed E-state index contributed by atoms with van der Waals surface area (Å²) >= 11 is 0. The molecule has 1 N–H and O–H groups in total. The number of rotatable bonds is 8. The van der Waals surface area contributed by atoms with Crippen LogP contribution in [0.5, 0.6) is 5.75 Å². The van der Waals surface area contributed by atoms with Gasteiger partial charge in [0.15, 0.2) is 0 Å². The number of aromatic amines is 1. The minimum atomic E-state index is -1.44. The maximum atomic E-state index is 16.3. The number of hydrogen-bond acceptors (Lipinski definition) is 5. The molecule has 0 spiro atoms. The number of halogens is 1. The van der Waals surface area contributed by atoms with E-state index in [0.29, 0.717) is 24.6 Å². The van der Waals surface area contributed by atoms with Gasteiger partial charge in [0, 0.05) is 24.2 Å². The monoisotopic (exact) mass is 637 g/mol. The molecule has 6 rings (SSSR count). The lowest BCUT2D eigenvalue weighted by Gasteiger charge is -2.38. The fraction of sp³-hybridized carbons (Fsp3) is 0.462. The van der Waals surface area contributed by atoms with E-state index in [4.69, 9.17) is 14.7 Å². The molecule has 8 heteroatoms. The van der Waals surface area contributed by atoms with Crippen molar-refractivity contribution >= 4 is 28.7 Å². The highest BCUT2D eigenvalue weighted by molar-refractivity contribution is 6.09. The van der Waals surface area contributed by atoms with Crippen molar-refractivity contribution in [1.29, 1.82) is 0 Å². The predicted molar refractivity (Wildman–Crippen MR) is 188 cm³/mol. The van der Waals surface area contributed by atoms with Crippen LogP contribution in [0.25, 0.3) is 11.0 Å². The Balaban J connectivity index is 1.33. The van der Waals surface area contributed by atoms with Crippen LogP contribution in [-0.2, 0) is 17.0 Å². The van der Waals surface area contributed by atoms with Crippen molar-refractivity contribution in [1.82, 2.24) is 14.9 Å². The molecule has 2 aromatic carbocycles. The Bertz CT molecular complexity index is 1760. The molecule has 0 saturated carbocycles. The van der Waals surface area contributed by atoms with Gasteiger partial charge in [-0.2, -0.15) is 0 Å². The van der Waals surface area contributed by atoms with Gasteiger partial charge in [-0.15, -0.1) is 0 Å². The number of allylic oxidation sites excluding steroid dienone is 4. The maximum absolute atomic E-state index is 16.3. The van der Waals surface area contributed by atoms with Crippen LogP contribution in [0.2, 0.25) is 0 Å². The fourth-order valence-corrected chi connectivity index (χ4v) is 7.48. The number of amidine groups is 1. The molecule has 0 bridgehead atoms. The Morgan fingerprint density at radius 3 is 2.64 bits per heavy atom. The van der Waals surface area contributed by atoms with Crippen LogP contribution in [0.1, 0.15) is 77.8 Å². The van der Waals surface area contributed by atoms with E-state index in [1.807, 2.05) is 81.1 Å². The first kappa shape index (κ1) is 32.7. The molecule has 1 amide bonds. The number of aliphatic imine (C=N–C) groups is 1. The normalized spacial score (nSPS) is 20.3. The summed E-state index contributed by atoms with van der Waals surface area (Å²) in [6.07, 6.45) is 10.4. The molecule has 1 atom stereocenters. The molecule has 7 nitrogen and oxygen atoms in total. The molecule has 3 heterocycles. The highest BCUT2D eigenvalue weighted by Crippen LogP contribution is 2.42. The number of benzene rings is 2. The van der Waals surface area contributed by atoms with Gasteiger partial charge in [-0.1, -0.05) is 70.5 Å². The molecular weight excluding hydrogens is 589 g/mol. The molecule has 248 valence electrons. The average molecular weight is 638 g/mol. The Kier molecular flexibility index (Phi) is 9.40. The molecule has 1 aliphatic carbocycles. The SMILES string of the molecule is COc1cccc(CN=C2CCC(C)C3=C(CN(c4nc5ccc(C(F)(C(C)C)C(C)C)cc5[nH]4)CC3)C(=O)N2C2=CC=CCC2)c1. The van der Waals surface area contributed by atoms with E-state index in [0.717, 1.165) is 78.1 Å². The number of ether oxygens (including phenoxy) is 1. The van der Waals surface area contributed by atoms with Crippen LogP contribution in [0.4, 0.5) is 10.3 Å². The molecule has 3 aromatic rings. The minimum absolute atomic E-state index is 0.0108. The summed E-state index contributed by atoms with van der Waals surface area (Å²) in [5.41, 5.74) is 4.94. The van der Waals surface area contributed by atoms with E-state index < -0.39 is 5.67 Å². The molecule has 47 heavy (non-hydrogen) atoms. The smallest absolute Gasteiger partial charge is 0.261 e. The summed E-state index contributed by atoms with van der Waals surface area (Å²) in [6.45, 7) is 11.7. The molecule has 1 unspecified atom stereocenters. The number of H-pyrrole nitrogens is 1. The summed E-state index contributed by atoms with van der Waals surface area (Å²) in [4.78, 5) is 32.3. The first-order chi connectivity index (χ1) is 22.6. The van der Waals surface area contributed by atoms with E-state index in [1.165, 1.54) is 5.57 Å². The summed E-state index contributed by atoms with van der Waals surface area (Å²) in [5.74, 6) is 2.27. The molecule has 0 fully saturated rings. The molecule has 0 radical (unpaired) electrons. The molecule has 2 aliphatic heterocycles. The number of anilines is 1. The lowest BCUT2D eigenvalue weighted by molar-refractivity contribution is -0.122. The number of imidazole rings is 1. The number of alkyl halides is 1. The van der Waals surface area contributed by atoms with Crippen LogP contribution in [-0.4, -0.2) is 46.8 Å². The third-order valence-corrected chi connectivity index (χ3v) is 10.3. The quantitative estimate of drug-likeness (QED) is 0.268. The number of methoxy groups -OCH3 is 1. The first-order valence-corrected chi connectivity index (χ1v) is 17.1. The molecule has 3 aliphatic rings. The maximum Gasteiger partial charge on any atom is 0.261 e. The third-order valence-electron chi connectivity index (χ3n) is 10.3. The van der Waals surface area contributed by atoms with Gasteiger partial charge in [0.1, 0.15) is 17.3 Å². The van der Waals surface area contributed by atoms with Crippen molar-refractivity contribution in [2.75, 3.05) is 25.1 Å². The van der Waals surface area contributed by atoms with Gasteiger partial charge >= 0.3 is 0 Å². The summed E-state index contributed by atoms with van der Waals surface area (Å²) in [7, 11) is 1.67. The van der Waals surface area contributed by atoms with E-state index in [2.05, 4.69) is 29.0 Å². The second-order valence-corrected chi connectivity index (χ2v) is 13.8. The zero-order valence-corrected chi connectivity index (χ0v) is 28.6. The Morgan fingerprint density at radius 1 is 1.11 bits per heavy atom. The largest absolute Gasteiger partial charge is 0.497 e. The van der Waals surface area contributed by atoms with E-state index in [1.54, 1.807) is 7.11 Å². The van der Waals surface area contributed by atoms with Crippen molar-refractivity contribution in [2.45, 2.75) is 78.9 Å². The number of nitrogens with zero attached hydrogens (tertiary/aromatic N) is 4. The van der Waals surface area contributed by atoms with Crippen molar-refractivity contribution in [2.24, 2.45) is 22.7 Å². The summed E-state index contributed by atoms with van der Waals surface area (Å²) in [5, 5.41) is 0. The number of aromatic nitrogens is 2. The van der Waals surface area contributed by atoms with E-state index >= 15 is 4.39 Å². The number of carbonyl (C=O) groups is 1. The molecule has 1 aromatic heterocycles. The Labute approximate surface area is 278 Å². The van der Waals surface area contributed by atoms with Crippen LogP contribution >= 0.6 is 0 Å². The molecular formula is C39H48FN5O2. The zero-order valence-electron chi connectivity index (χ0n) is 28.6. The molecule has 0 saturated heterocycles. The zero-order chi connectivity index (χ0) is 33.3. The van der Waals surface area contributed by atoms with Crippen molar-refractivity contribution < 1.29 is 13.9 Å². The number of carbonyl (C=O) groups excluding carboxylic acids is 1. The van der Waals surface area contributed by atoms with E-state index in [9.17, 15) is 4.79 Å². The highest BCUT2D eigenvalue weighted by Gasteiger charge is 2.40. The topological polar surface area (TPSA) is 73.8 Å². The Morgan fingerprint density at radius 2 is 1.91 bits per heavy atom. The lowest BCUT2D eigenvalue weighted by atomic mass is 9.77. The summed E-state index contributed by atoms with van der Waals surface area (Å²) in [6, 6.07) is 13.7. The van der Waals surface area contributed by atoms with Crippen LogP contribution in [0.15, 0.2) is 82.5 Å². The summed E-state index contributed by atoms with van der Waals surface area (Å²) < 4.78 is 21.7. The minimum Gasteiger partial charge on any atom is -0.497 e. The Hall–Kier alpha value is -4.20. The standard InChI is InChI=1S/C39H48FN5O2/c1-25(2)39(40,26(3)4)29-16-17-34-35(22-29)43-38(42-34)44-20-19-32-27(5)15-18-36(41-23-28-11-10-14-31(21-28)47-6)45(37(46)33(32)24-44)30-12-8-7-9-13-30/h7-8,10-12,14,16-17,21-22,25-27H,9,13,15,18-20,23-24H2,1-6H3,(H,42,43). The van der Waals surface area contributed by atoms with Gasteiger partial charge < -0.3 is 14.6 Å². The number of nitrogens with one attached hydrogen (secondary N) is 1. The third kappa shape index (κ3) is 6.39. The van der Waals surface area contributed by atoms with Gasteiger partial charge in [-0.3, -0.25) is 14.7 Å². The van der Waals surface area contributed by atoms with Crippen LogP contribution < -0.4 is 9.64 Å². The van der Waals surface area contributed by atoms with Gasteiger partial charge in [-0.05, 0) is 84.9 Å². The number of fused-ring (bicyclic) bond motifs is 1. The van der Waals surface area contributed by atoms with Gasteiger partial charge in [0.05, 0.1) is 31.2 Å². The van der Waals surface area contributed by atoms with Crippen molar-refractivity contribution in [3.63, 3.8) is 0 Å². The van der Waals surface area contributed by atoms with Gasteiger partial charge in [0.2, 0.25) is 5.95 Å². The van der Waals surface area contributed by atoms with Crippen molar-refractivity contribution in [3.05, 3.63) is 88.7 Å². The first-order valence-electron chi connectivity index (χ1n) is 17.1. The predicted octanol–water partition coefficient (Wildman–Crippen LogP) is 8.65.